The molecule has 0 radical (unpaired) electrons. The first kappa shape index (κ1) is 18.4. The van der Waals surface area contributed by atoms with Crippen molar-refractivity contribution >= 4 is 27.7 Å². The van der Waals surface area contributed by atoms with E-state index in [1.54, 1.807) is 7.11 Å². The molecule has 6 nitrogen and oxygen atoms in total. The van der Waals surface area contributed by atoms with Crippen LogP contribution in [0.3, 0.4) is 0 Å². The molecule has 2 aromatic carbocycles. The molecule has 2 heterocycles. The Kier molecular flexibility index (Phi) is 4.75. The van der Waals surface area contributed by atoms with Crippen LogP contribution in [0.1, 0.15) is 6.42 Å². The average molecular weight is 377 g/mol. The molecule has 4 aromatic rings. The van der Waals surface area contributed by atoms with E-state index in [-0.39, 0.29) is 0 Å². The zero-order chi connectivity index (χ0) is 19.7. The molecule has 0 aliphatic heterocycles. The van der Waals surface area contributed by atoms with E-state index in [2.05, 4.69) is 20.2 Å². The normalized spacial score (nSPS) is 12.0. The summed E-state index contributed by atoms with van der Waals surface area (Å²) in [4.78, 5) is 9.70. The van der Waals surface area contributed by atoms with Crippen molar-refractivity contribution in [1.82, 2.24) is 14.5 Å². The van der Waals surface area contributed by atoms with E-state index in [0.29, 0.717) is 22.6 Å². The Labute approximate surface area is 164 Å². The fraction of sp³-hybridized carbons (Fsp3) is 0.273. The third-order valence-electron chi connectivity index (χ3n) is 5.02. The van der Waals surface area contributed by atoms with Crippen LogP contribution in [-0.2, 0) is 0 Å². The van der Waals surface area contributed by atoms with E-state index in [1.807, 2.05) is 42.5 Å². The van der Waals surface area contributed by atoms with Crippen LogP contribution in [-0.4, -0.2) is 44.3 Å². The number of rotatable bonds is 6. The second-order valence-corrected chi connectivity index (χ2v) is 7.45. The van der Waals surface area contributed by atoms with Crippen LogP contribution in [0, 0.1) is 0 Å². The molecule has 0 spiro atoms. The summed E-state index contributed by atoms with van der Waals surface area (Å²) in [5, 5.41) is 2.01. The summed E-state index contributed by atoms with van der Waals surface area (Å²) < 4.78 is 12.0. The van der Waals surface area contributed by atoms with Gasteiger partial charge in [0.05, 0.1) is 38.7 Å². The lowest BCUT2D eigenvalue weighted by Gasteiger charge is -2.28. The molecular formula is C22H25N4O2+. The Morgan fingerprint density at radius 1 is 1.07 bits per heavy atom. The van der Waals surface area contributed by atoms with Crippen LogP contribution in [0.5, 0.6) is 5.75 Å². The number of ether oxygens (including phenoxy) is 1. The van der Waals surface area contributed by atoms with Crippen molar-refractivity contribution in [3.63, 3.8) is 0 Å². The molecule has 144 valence electrons. The Morgan fingerprint density at radius 3 is 2.68 bits per heavy atom. The number of hydrogen-bond acceptors (Lipinski definition) is 5. The molecule has 0 fully saturated rings. The number of quaternary nitrogens is 1. The van der Waals surface area contributed by atoms with Gasteiger partial charge in [-0.05, 0) is 42.9 Å². The highest BCUT2D eigenvalue weighted by Gasteiger charge is 2.26. The minimum atomic E-state index is 0.586. The smallest absolute Gasteiger partial charge is 0.238 e. The lowest BCUT2D eigenvalue weighted by Crippen LogP contribution is -2.43. The van der Waals surface area contributed by atoms with Crippen molar-refractivity contribution in [3.8, 4) is 17.3 Å². The van der Waals surface area contributed by atoms with Gasteiger partial charge >= 0.3 is 0 Å². The van der Waals surface area contributed by atoms with Gasteiger partial charge in [-0.3, -0.25) is 4.48 Å². The maximum Gasteiger partial charge on any atom is 0.238 e. The summed E-state index contributed by atoms with van der Waals surface area (Å²) in [6.45, 7) is 1.55. The molecule has 2 N–H and O–H groups in total. The lowest BCUT2D eigenvalue weighted by atomic mass is 10.2. The largest absolute Gasteiger partial charge is 0.497 e. The number of aromatic nitrogens is 2. The van der Waals surface area contributed by atoms with Gasteiger partial charge in [0.15, 0.2) is 5.76 Å². The predicted molar refractivity (Wildman–Crippen MR) is 113 cm³/mol. The number of para-hydroxylation sites is 1. The summed E-state index contributed by atoms with van der Waals surface area (Å²) in [6.07, 6.45) is 0.922. The van der Waals surface area contributed by atoms with Crippen LogP contribution < -0.4 is 15.0 Å². The maximum absolute atomic E-state index is 6.04. The van der Waals surface area contributed by atoms with Gasteiger partial charge in [-0.25, -0.2) is 4.98 Å². The van der Waals surface area contributed by atoms with E-state index in [1.165, 1.54) is 0 Å². The Hall–Kier alpha value is -2.96. The first-order chi connectivity index (χ1) is 13.5. The fourth-order valence-electron chi connectivity index (χ4n) is 3.48. The first-order valence-corrected chi connectivity index (χ1v) is 9.40. The summed E-state index contributed by atoms with van der Waals surface area (Å²) in [6, 6.07) is 15.8. The van der Waals surface area contributed by atoms with Gasteiger partial charge < -0.3 is 14.9 Å². The van der Waals surface area contributed by atoms with Crippen LogP contribution in [0.2, 0.25) is 0 Å². The molecule has 0 aliphatic rings. The molecule has 0 saturated carbocycles. The highest BCUT2D eigenvalue weighted by atomic mass is 16.5. The number of methoxy groups -OCH3 is 1. The number of benzene rings is 2. The van der Waals surface area contributed by atoms with E-state index < -0.39 is 0 Å². The van der Waals surface area contributed by atoms with E-state index in [4.69, 9.17) is 24.9 Å². The zero-order valence-corrected chi connectivity index (χ0v) is 16.5. The Morgan fingerprint density at radius 2 is 1.89 bits per heavy atom. The standard InChI is InChI=1S/C22H25N4O2/c1-26(2,12-6-11-23)22-17-7-4-5-8-18(17)24-21(25-22)20-14-15-13-16(27-3)9-10-19(15)28-20/h4-5,7-10,13-14H,6,11-12,23H2,1-3H3/q+1. The Bertz CT molecular complexity index is 1130. The molecule has 0 aliphatic carbocycles. The van der Waals surface area contributed by atoms with Crippen molar-refractivity contribution < 1.29 is 9.15 Å². The fourth-order valence-corrected chi connectivity index (χ4v) is 3.48. The summed E-state index contributed by atoms with van der Waals surface area (Å²) in [7, 11) is 5.96. The molecular weight excluding hydrogens is 352 g/mol. The number of furan rings is 1. The van der Waals surface area contributed by atoms with Crippen LogP contribution in [0.4, 0.5) is 5.82 Å². The second-order valence-electron chi connectivity index (χ2n) is 7.45. The highest BCUT2D eigenvalue weighted by Crippen LogP contribution is 2.33. The summed E-state index contributed by atoms with van der Waals surface area (Å²) in [5.74, 6) is 2.99. The summed E-state index contributed by atoms with van der Waals surface area (Å²) >= 11 is 0. The maximum atomic E-state index is 6.04. The monoisotopic (exact) mass is 377 g/mol. The number of hydrogen-bond donors (Lipinski definition) is 1. The van der Waals surface area contributed by atoms with Gasteiger partial charge in [-0.2, -0.15) is 4.98 Å². The van der Waals surface area contributed by atoms with Gasteiger partial charge in [0.25, 0.3) is 0 Å². The number of nitrogens with two attached hydrogens (primary N) is 1. The lowest BCUT2D eigenvalue weighted by molar-refractivity contribution is 0.386. The first-order valence-electron chi connectivity index (χ1n) is 9.40. The van der Waals surface area contributed by atoms with Crippen molar-refractivity contribution in [2.75, 3.05) is 34.3 Å². The molecule has 2 aromatic heterocycles. The van der Waals surface area contributed by atoms with Gasteiger partial charge in [-0.15, -0.1) is 0 Å². The van der Waals surface area contributed by atoms with E-state index in [0.717, 1.165) is 46.4 Å². The van der Waals surface area contributed by atoms with Gasteiger partial charge in [0.2, 0.25) is 11.6 Å². The zero-order valence-electron chi connectivity index (χ0n) is 16.5. The van der Waals surface area contributed by atoms with Crippen molar-refractivity contribution in [3.05, 3.63) is 48.5 Å². The third kappa shape index (κ3) is 3.32. The number of fused-ring (bicyclic) bond motifs is 2. The summed E-state index contributed by atoms with van der Waals surface area (Å²) in [5.41, 5.74) is 7.43. The van der Waals surface area contributed by atoms with Gasteiger partial charge in [0, 0.05) is 11.8 Å². The van der Waals surface area contributed by atoms with E-state index >= 15 is 0 Å². The minimum absolute atomic E-state index is 0.586. The SMILES string of the molecule is COc1ccc2oc(-c3nc([N+](C)(C)CCCN)c4ccccc4n3)cc2c1. The van der Waals surface area contributed by atoms with Gasteiger partial charge in [-0.1, -0.05) is 12.1 Å². The van der Waals surface area contributed by atoms with Crippen LogP contribution in [0.25, 0.3) is 33.5 Å². The van der Waals surface area contributed by atoms with E-state index in [9.17, 15) is 0 Å². The molecule has 4 rings (SSSR count). The Balaban J connectivity index is 1.88. The molecule has 0 amide bonds. The van der Waals surface area contributed by atoms with Crippen LogP contribution in [0.15, 0.2) is 52.9 Å². The molecule has 6 heteroatoms. The minimum Gasteiger partial charge on any atom is -0.497 e. The topological polar surface area (TPSA) is 74.2 Å². The number of nitrogens with zero attached hydrogens (tertiary/aromatic N) is 3. The highest BCUT2D eigenvalue weighted by molar-refractivity contribution is 5.90. The van der Waals surface area contributed by atoms with Crippen molar-refractivity contribution in [1.29, 1.82) is 0 Å². The van der Waals surface area contributed by atoms with Crippen molar-refractivity contribution in [2.45, 2.75) is 6.42 Å². The quantitative estimate of drug-likeness (QED) is 0.515. The molecule has 0 saturated heterocycles. The van der Waals surface area contributed by atoms with Crippen LogP contribution >= 0.6 is 0 Å². The second kappa shape index (κ2) is 7.22. The van der Waals surface area contributed by atoms with Crippen molar-refractivity contribution in [2.24, 2.45) is 5.73 Å². The molecule has 0 unspecified atom stereocenters. The third-order valence-corrected chi connectivity index (χ3v) is 5.02. The molecule has 28 heavy (non-hydrogen) atoms. The van der Waals surface area contributed by atoms with Gasteiger partial charge in [0.1, 0.15) is 11.3 Å². The molecule has 0 bridgehead atoms. The average Bonchev–Trinajstić information content (AvgIpc) is 3.14. The predicted octanol–water partition coefficient (Wildman–Crippen LogP) is 3.97. The molecule has 0 atom stereocenters.